The third kappa shape index (κ3) is 2.94. The first-order chi connectivity index (χ1) is 12.7. The Hall–Kier alpha value is -3.15. The average Bonchev–Trinajstić information content (AvgIpc) is 3.29. The molecule has 3 aromatic rings. The molecule has 1 atom stereocenters. The maximum Gasteiger partial charge on any atom is 0.258 e. The molecule has 0 N–H and O–H groups in total. The van der Waals surface area contributed by atoms with Crippen molar-refractivity contribution in [1.82, 2.24) is 10.1 Å². The average molecular weight is 349 g/mol. The predicted molar refractivity (Wildman–Crippen MR) is 97.2 cm³/mol. The number of nitrogens with zero attached hydrogens (tertiary/aromatic N) is 3. The Bertz CT molecular complexity index is 951. The topological polar surface area (TPSA) is 68.5 Å². The first-order valence-corrected chi connectivity index (χ1v) is 8.49. The fraction of sp³-hybridized carbons (Fsp3) is 0.250. The Morgan fingerprint density at radius 2 is 2.04 bits per heavy atom. The zero-order chi connectivity index (χ0) is 18.1. The molecule has 4 rings (SSSR count). The number of hydrogen-bond donors (Lipinski definition) is 0. The van der Waals surface area contributed by atoms with E-state index < -0.39 is 0 Å². The second-order valence-electron chi connectivity index (χ2n) is 6.38. The van der Waals surface area contributed by atoms with Crippen LogP contribution in [0.4, 0.5) is 5.69 Å². The van der Waals surface area contributed by atoms with E-state index in [1.54, 1.807) is 7.11 Å². The molecule has 1 fully saturated rings. The molecule has 1 aliphatic rings. The summed E-state index contributed by atoms with van der Waals surface area (Å²) in [5.41, 5.74) is 2.81. The summed E-state index contributed by atoms with van der Waals surface area (Å²) >= 11 is 0. The summed E-state index contributed by atoms with van der Waals surface area (Å²) in [6.07, 6.45) is 0.380. The largest absolute Gasteiger partial charge is 0.497 e. The maximum absolute atomic E-state index is 12.5. The van der Waals surface area contributed by atoms with Gasteiger partial charge in [0.2, 0.25) is 5.91 Å². The molecular weight excluding hydrogens is 330 g/mol. The van der Waals surface area contributed by atoms with Crippen molar-refractivity contribution in [3.05, 3.63) is 59.9 Å². The number of hydrogen-bond acceptors (Lipinski definition) is 5. The van der Waals surface area contributed by atoms with Gasteiger partial charge in [-0.05, 0) is 36.8 Å². The van der Waals surface area contributed by atoms with Crippen molar-refractivity contribution < 1.29 is 14.1 Å². The van der Waals surface area contributed by atoms with E-state index in [4.69, 9.17) is 9.26 Å². The van der Waals surface area contributed by atoms with E-state index in [9.17, 15) is 4.79 Å². The van der Waals surface area contributed by atoms with Crippen LogP contribution in [0.5, 0.6) is 5.75 Å². The van der Waals surface area contributed by atoms with Crippen molar-refractivity contribution in [1.29, 1.82) is 0 Å². The van der Waals surface area contributed by atoms with Crippen LogP contribution in [0, 0.1) is 6.92 Å². The van der Waals surface area contributed by atoms with Crippen LogP contribution in [-0.2, 0) is 4.79 Å². The second kappa shape index (κ2) is 6.63. The van der Waals surface area contributed by atoms with Gasteiger partial charge >= 0.3 is 0 Å². The minimum absolute atomic E-state index is 0.0785. The van der Waals surface area contributed by atoms with Crippen LogP contribution < -0.4 is 9.64 Å². The number of benzene rings is 2. The Morgan fingerprint density at radius 1 is 1.19 bits per heavy atom. The van der Waals surface area contributed by atoms with Gasteiger partial charge in [0.25, 0.3) is 5.89 Å². The van der Waals surface area contributed by atoms with E-state index in [1.165, 1.54) is 0 Å². The van der Waals surface area contributed by atoms with Gasteiger partial charge in [0.1, 0.15) is 5.75 Å². The number of carbonyl (C=O) groups excluding carboxylic acids is 1. The van der Waals surface area contributed by atoms with Crippen molar-refractivity contribution >= 4 is 11.6 Å². The van der Waals surface area contributed by atoms with Crippen LogP contribution in [0.2, 0.25) is 0 Å². The third-order valence-corrected chi connectivity index (χ3v) is 4.65. The van der Waals surface area contributed by atoms with Gasteiger partial charge in [0, 0.05) is 30.1 Å². The molecule has 1 aromatic heterocycles. The number of rotatable bonds is 4. The Labute approximate surface area is 151 Å². The van der Waals surface area contributed by atoms with Crippen molar-refractivity contribution in [2.45, 2.75) is 19.3 Å². The van der Waals surface area contributed by atoms with E-state index in [0.717, 1.165) is 22.6 Å². The maximum atomic E-state index is 12.5. The first kappa shape index (κ1) is 16.3. The molecule has 26 heavy (non-hydrogen) atoms. The monoisotopic (exact) mass is 349 g/mol. The van der Waals surface area contributed by atoms with Crippen molar-refractivity contribution in [3.63, 3.8) is 0 Å². The normalized spacial score (nSPS) is 16.9. The zero-order valence-electron chi connectivity index (χ0n) is 14.7. The lowest BCUT2D eigenvalue weighted by atomic mass is 10.1. The lowest BCUT2D eigenvalue weighted by molar-refractivity contribution is -0.117. The minimum Gasteiger partial charge on any atom is -0.497 e. The van der Waals surface area contributed by atoms with Crippen molar-refractivity contribution in [3.8, 4) is 17.2 Å². The smallest absolute Gasteiger partial charge is 0.258 e. The highest BCUT2D eigenvalue weighted by Gasteiger charge is 2.35. The first-order valence-electron chi connectivity index (χ1n) is 8.49. The minimum atomic E-state index is -0.0785. The van der Waals surface area contributed by atoms with Gasteiger partial charge in [-0.15, -0.1) is 0 Å². The number of para-hydroxylation sites is 1. The number of ether oxygens (including phenoxy) is 1. The van der Waals surface area contributed by atoms with E-state index in [-0.39, 0.29) is 11.8 Å². The number of anilines is 1. The molecule has 0 spiro atoms. The number of amides is 1. The van der Waals surface area contributed by atoms with Gasteiger partial charge in [-0.2, -0.15) is 4.98 Å². The Morgan fingerprint density at radius 3 is 2.85 bits per heavy atom. The van der Waals surface area contributed by atoms with Gasteiger partial charge in [-0.25, -0.2) is 0 Å². The van der Waals surface area contributed by atoms with E-state index in [0.29, 0.717) is 24.7 Å². The highest BCUT2D eigenvalue weighted by Crippen LogP contribution is 2.33. The van der Waals surface area contributed by atoms with Crippen LogP contribution in [0.3, 0.4) is 0 Å². The van der Waals surface area contributed by atoms with Gasteiger partial charge in [0.05, 0.1) is 7.11 Å². The summed E-state index contributed by atoms with van der Waals surface area (Å²) in [5, 5.41) is 4.11. The lowest BCUT2D eigenvalue weighted by Crippen LogP contribution is -2.25. The standard InChI is InChI=1S/C20H19N3O3/c1-13-6-3-4-9-17(13)23-12-15(11-18(23)24)19-21-20(26-22-19)14-7-5-8-16(10-14)25-2/h3-10,15H,11-12H2,1-2H3. The highest BCUT2D eigenvalue weighted by molar-refractivity contribution is 5.97. The SMILES string of the molecule is COc1cccc(-c2nc(C3CC(=O)N(c4ccccc4C)C3)no2)c1. The van der Waals surface area contributed by atoms with Crippen LogP contribution in [0.1, 0.15) is 23.7 Å². The van der Waals surface area contributed by atoms with Gasteiger partial charge < -0.3 is 14.2 Å². The summed E-state index contributed by atoms with van der Waals surface area (Å²) in [6.45, 7) is 2.56. The molecule has 2 heterocycles. The summed E-state index contributed by atoms with van der Waals surface area (Å²) in [7, 11) is 1.61. The summed E-state index contributed by atoms with van der Waals surface area (Å²) in [5.74, 6) is 1.72. The van der Waals surface area contributed by atoms with Crippen molar-refractivity contribution in [2.24, 2.45) is 0 Å². The number of aryl methyl sites for hydroxylation is 1. The van der Waals surface area contributed by atoms with Crippen LogP contribution in [0.25, 0.3) is 11.5 Å². The predicted octanol–water partition coefficient (Wildman–Crippen LogP) is 3.57. The van der Waals surface area contributed by atoms with Crippen LogP contribution in [0.15, 0.2) is 53.1 Å². The van der Waals surface area contributed by atoms with Gasteiger partial charge in [0.15, 0.2) is 5.82 Å². The van der Waals surface area contributed by atoms with Gasteiger partial charge in [-0.1, -0.05) is 29.4 Å². The summed E-state index contributed by atoms with van der Waals surface area (Å²) in [4.78, 5) is 18.8. The Balaban J connectivity index is 1.57. The summed E-state index contributed by atoms with van der Waals surface area (Å²) in [6, 6.07) is 15.3. The van der Waals surface area contributed by atoms with Crippen LogP contribution >= 0.6 is 0 Å². The highest BCUT2D eigenvalue weighted by atomic mass is 16.5. The fourth-order valence-electron chi connectivity index (χ4n) is 3.25. The molecule has 0 bridgehead atoms. The Kier molecular flexibility index (Phi) is 4.16. The third-order valence-electron chi connectivity index (χ3n) is 4.65. The number of carbonyl (C=O) groups is 1. The number of methoxy groups -OCH3 is 1. The quantitative estimate of drug-likeness (QED) is 0.720. The molecule has 2 aromatic carbocycles. The molecule has 1 amide bonds. The van der Waals surface area contributed by atoms with E-state index >= 15 is 0 Å². The molecule has 1 saturated heterocycles. The number of aromatic nitrogens is 2. The lowest BCUT2D eigenvalue weighted by Gasteiger charge is -2.18. The molecule has 132 valence electrons. The molecule has 1 unspecified atom stereocenters. The molecule has 0 saturated carbocycles. The van der Waals surface area contributed by atoms with Crippen LogP contribution in [-0.4, -0.2) is 29.7 Å². The van der Waals surface area contributed by atoms with Gasteiger partial charge in [-0.3, -0.25) is 4.79 Å². The van der Waals surface area contributed by atoms with Crippen molar-refractivity contribution in [2.75, 3.05) is 18.6 Å². The molecule has 6 nitrogen and oxygen atoms in total. The molecule has 6 heteroatoms. The van der Waals surface area contributed by atoms with E-state index in [1.807, 2.05) is 60.4 Å². The molecule has 0 aliphatic carbocycles. The molecular formula is C20H19N3O3. The second-order valence-corrected chi connectivity index (χ2v) is 6.38. The molecule has 0 radical (unpaired) electrons. The summed E-state index contributed by atoms with van der Waals surface area (Å²) < 4.78 is 10.6. The zero-order valence-corrected chi connectivity index (χ0v) is 14.7. The molecule has 1 aliphatic heterocycles. The van der Waals surface area contributed by atoms with E-state index in [2.05, 4.69) is 10.1 Å². The fourth-order valence-corrected chi connectivity index (χ4v) is 3.25.